The van der Waals surface area contributed by atoms with Crippen LogP contribution in [-0.2, 0) is 6.54 Å². The molecule has 4 aromatic rings. The minimum atomic E-state index is 0.136. The van der Waals surface area contributed by atoms with Gasteiger partial charge in [0.1, 0.15) is 0 Å². The molecule has 0 atom stereocenters. The first-order valence-corrected chi connectivity index (χ1v) is 9.77. The molecule has 5 rings (SSSR count). The molecule has 2 heterocycles. The maximum absolute atomic E-state index is 9.88. The number of anilines is 3. The molecule has 0 unspecified atom stereocenters. The molecule has 0 aliphatic carbocycles. The molecule has 3 N–H and O–H groups in total. The second kappa shape index (κ2) is 7.44. The van der Waals surface area contributed by atoms with Gasteiger partial charge >= 0.3 is 0 Å². The molecule has 1 aromatic heterocycles. The van der Waals surface area contributed by atoms with E-state index < -0.39 is 0 Å². The van der Waals surface area contributed by atoms with Gasteiger partial charge in [0.25, 0.3) is 0 Å². The number of fused-ring (bicyclic) bond motifs is 2. The van der Waals surface area contributed by atoms with Crippen molar-refractivity contribution in [3.63, 3.8) is 0 Å². The Morgan fingerprint density at radius 3 is 2.43 bits per heavy atom. The minimum absolute atomic E-state index is 0.136. The first-order chi connectivity index (χ1) is 14.7. The van der Waals surface area contributed by atoms with E-state index in [4.69, 9.17) is 4.74 Å². The number of phenolic OH excluding ortho intramolecular Hbond substituents is 1. The number of aromatic nitrogens is 1. The van der Waals surface area contributed by atoms with Crippen LogP contribution in [0.2, 0.25) is 0 Å². The molecule has 5 heteroatoms. The summed E-state index contributed by atoms with van der Waals surface area (Å²) in [6.45, 7) is 0.727. The van der Waals surface area contributed by atoms with E-state index in [2.05, 4.69) is 58.1 Å². The maximum Gasteiger partial charge on any atom is 0.161 e. The van der Waals surface area contributed by atoms with E-state index in [0.29, 0.717) is 5.75 Å². The number of pyridine rings is 1. The van der Waals surface area contributed by atoms with Crippen LogP contribution in [0.3, 0.4) is 0 Å². The first kappa shape index (κ1) is 18.1. The average molecular weight is 395 g/mol. The van der Waals surface area contributed by atoms with E-state index in [1.54, 1.807) is 19.4 Å². The standard InChI is InChI=1S/C25H21N3O2/c1-30-25-13-18(7-9-24(25)29)16-4-5-20-15-27-23-12-17(19-3-2-10-26-14-19)6-8-21(23)28-22(20)11-16/h2-14,27-29H,15H2,1H3. The Morgan fingerprint density at radius 1 is 0.833 bits per heavy atom. The van der Waals surface area contributed by atoms with Crippen LogP contribution in [0.5, 0.6) is 11.5 Å². The number of rotatable bonds is 3. The van der Waals surface area contributed by atoms with E-state index in [-0.39, 0.29) is 5.75 Å². The van der Waals surface area contributed by atoms with Crippen molar-refractivity contribution >= 4 is 17.1 Å². The molecular formula is C25H21N3O2. The summed E-state index contributed by atoms with van der Waals surface area (Å²) in [5.74, 6) is 0.599. The van der Waals surface area contributed by atoms with Crippen molar-refractivity contribution in [3.05, 3.63) is 84.7 Å². The predicted molar refractivity (Wildman–Crippen MR) is 120 cm³/mol. The highest BCUT2D eigenvalue weighted by Gasteiger charge is 2.15. The third kappa shape index (κ3) is 3.31. The zero-order valence-electron chi connectivity index (χ0n) is 16.5. The van der Waals surface area contributed by atoms with Crippen molar-refractivity contribution in [3.8, 4) is 33.8 Å². The van der Waals surface area contributed by atoms with E-state index in [1.807, 2.05) is 24.4 Å². The number of ether oxygens (including phenoxy) is 1. The highest BCUT2D eigenvalue weighted by atomic mass is 16.5. The van der Waals surface area contributed by atoms with E-state index in [9.17, 15) is 5.11 Å². The molecule has 30 heavy (non-hydrogen) atoms. The van der Waals surface area contributed by atoms with Crippen molar-refractivity contribution in [1.29, 1.82) is 0 Å². The molecule has 148 valence electrons. The molecule has 0 radical (unpaired) electrons. The fraction of sp³-hybridized carbons (Fsp3) is 0.0800. The van der Waals surface area contributed by atoms with Crippen LogP contribution in [0.15, 0.2) is 79.1 Å². The third-order valence-corrected chi connectivity index (χ3v) is 5.38. The number of methoxy groups -OCH3 is 1. The highest BCUT2D eigenvalue weighted by Crippen LogP contribution is 2.38. The number of hydrogen-bond acceptors (Lipinski definition) is 5. The molecule has 0 spiro atoms. The monoisotopic (exact) mass is 395 g/mol. The molecule has 0 bridgehead atoms. The van der Waals surface area contributed by atoms with Crippen molar-refractivity contribution in [2.24, 2.45) is 0 Å². The Morgan fingerprint density at radius 2 is 1.60 bits per heavy atom. The molecule has 0 saturated heterocycles. The number of aromatic hydroxyl groups is 1. The van der Waals surface area contributed by atoms with Crippen LogP contribution in [0.1, 0.15) is 5.56 Å². The lowest BCUT2D eigenvalue weighted by Gasteiger charge is -2.13. The maximum atomic E-state index is 9.88. The fourth-order valence-electron chi connectivity index (χ4n) is 3.73. The molecule has 5 nitrogen and oxygen atoms in total. The van der Waals surface area contributed by atoms with Gasteiger partial charge in [-0.2, -0.15) is 0 Å². The van der Waals surface area contributed by atoms with Crippen LogP contribution >= 0.6 is 0 Å². The number of nitrogens with one attached hydrogen (secondary N) is 2. The number of nitrogens with zero attached hydrogens (tertiary/aromatic N) is 1. The normalized spacial score (nSPS) is 12.0. The lowest BCUT2D eigenvalue weighted by Crippen LogP contribution is -1.97. The Kier molecular flexibility index (Phi) is 4.48. The van der Waals surface area contributed by atoms with Gasteiger partial charge < -0.3 is 20.5 Å². The minimum Gasteiger partial charge on any atom is -0.504 e. The average Bonchev–Trinajstić information content (AvgIpc) is 2.98. The van der Waals surface area contributed by atoms with Crippen molar-refractivity contribution in [2.75, 3.05) is 17.7 Å². The van der Waals surface area contributed by atoms with Crippen LogP contribution in [-0.4, -0.2) is 17.2 Å². The van der Waals surface area contributed by atoms with Gasteiger partial charge in [-0.15, -0.1) is 0 Å². The van der Waals surface area contributed by atoms with E-state index >= 15 is 0 Å². The van der Waals surface area contributed by atoms with E-state index in [0.717, 1.165) is 45.9 Å². The Balaban J connectivity index is 1.49. The van der Waals surface area contributed by atoms with Gasteiger partial charge in [0, 0.05) is 30.2 Å². The van der Waals surface area contributed by atoms with Gasteiger partial charge in [-0.05, 0) is 58.7 Å². The number of hydrogen-bond donors (Lipinski definition) is 3. The van der Waals surface area contributed by atoms with Gasteiger partial charge in [0.2, 0.25) is 0 Å². The molecule has 1 aliphatic rings. The lowest BCUT2D eigenvalue weighted by atomic mass is 10.0. The Bertz CT molecular complexity index is 1220. The molecule has 3 aromatic carbocycles. The Hall–Kier alpha value is -3.99. The van der Waals surface area contributed by atoms with Gasteiger partial charge in [-0.3, -0.25) is 4.98 Å². The molecular weight excluding hydrogens is 374 g/mol. The quantitative estimate of drug-likeness (QED) is 0.409. The van der Waals surface area contributed by atoms with Crippen LogP contribution < -0.4 is 15.4 Å². The van der Waals surface area contributed by atoms with Crippen molar-refractivity contribution in [1.82, 2.24) is 4.98 Å². The number of phenols is 1. The molecule has 0 amide bonds. The lowest BCUT2D eigenvalue weighted by molar-refractivity contribution is 0.373. The van der Waals surface area contributed by atoms with Crippen LogP contribution in [0.25, 0.3) is 22.3 Å². The van der Waals surface area contributed by atoms with Gasteiger partial charge in [0.15, 0.2) is 11.5 Å². The third-order valence-electron chi connectivity index (χ3n) is 5.38. The van der Waals surface area contributed by atoms with Gasteiger partial charge in [0.05, 0.1) is 18.5 Å². The van der Waals surface area contributed by atoms with E-state index in [1.165, 1.54) is 5.56 Å². The summed E-state index contributed by atoms with van der Waals surface area (Å²) in [7, 11) is 1.56. The summed E-state index contributed by atoms with van der Waals surface area (Å²) in [6, 6.07) is 22.1. The smallest absolute Gasteiger partial charge is 0.161 e. The van der Waals surface area contributed by atoms with Gasteiger partial charge in [-0.1, -0.05) is 30.3 Å². The summed E-state index contributed by atoms with van der Waals surface area (Å²) in [4.78, 5) is 4.22. The van der Waals surface area contributed by atoms with Gasteiger partial charge in [-0.25, -0.2) is 0 Å². The first-order valence-electron chi connectivity index (χ1n) is 9.77. The fourth-order valence-corrected chi connectivity index (χ4v) is 3.73. The second-order valence-corrected chi connectivity index (χ2v) is 7.24. The predicted octanol–water partition coefficient (Wildman–Crippen LogP) is 5.80. The van der Waals surface area contributed by atoms with Crippen molar-refractivity contribution < 1.29 is 9.84 Å². The zero-order valence-corrected chi connectivity index (χ0v) is 16.5. The summed E-state index contributed by atoms with van der Waals surface area (Å²) < 4.78 is 5.25. The van der Waals surface area contributed by atoms with Crippen molar-refractivity contribution in [2.45, 2.75) is 6.54 Å². The summed E-state index contributed by atoms with van der Waals surface area (Å²) >= 11 is 0. The van der Waals surface area contributed by atoms with Crippen LogP contribution in [0, 0.1) is 0 Å². The zero-order chi connectivity index (χ0) is 20.5. The highest BCUT2D eigenvalue weighted by molar-refractivity contribution is 5.84. The number of benzene rings is 3. The summed E-state index contributed by atoms with van der Waals surface area (Å²) in [5.41, 5.74) is 8.57. The molecule has 0 fully saturated rings. The second-order valence-electron chi connectivity index (χ2n) is 7.24. The Labute approximate surface area is 175 Å². The summed E-state index contributed by atoms with van der Waals surface area (Å²) in [6.07, 6.45) is 3.66. The molecule has 1 aliphatic heterocycles. The topological polar surface area (TPSA) is 66.4 Å². The molecule has 0 saturated carbocycles. The summed E-state index contributed by atoms with van der Waals surface area (Å²) in [5, 5.41) is 17.0. The SMILES string of the molecule is COc1cc(-c2ccc3c(c2)Nc2ccc(-c4cccnc4)cc2NC3)ccc1O. The van der Waals surface area contributed by atoms with Crippen LogP contribution in [0.4, 0.5) is 17.1 Å². The largest absolute Gasteiger partial charge is 0.504 e.